The summed E-state index contributed by atoms with van der Waals surface area (Å²) in [7, 11) is 0. The molecule has 0 radical (unpaired) electrons. The first-order chi connectivity index (χ1) is 16.3. The van der Waals surface area contributed by atoms with E-state index in [0.29, 0.717) is 17.0 Å². The van der Waals surface area contributed by atoms with E-state index >= 15 is 0 Å². The van der Waals surface area contributed by atoms with Crippen LogP contribution >= 0.6 is 0 Å². The largest absolute Gasteiger partial charge is 0.416 e. The summed E-state index contributed by atoms with van der Waals surface area (Å²) in [5.41, 5.74) is 1.18. The fraction of sp³-hybridized carbons (Fsp3) is 0.600. The average molecular weight is 475 g/mol. The van der Waals surface area contributed by atoms with Gasteiger partial charge in [0.1, 0.15) is 5.82 Å². The molecule has 4 heteroatoms. The molecule has 2 fully saturated rings. The summed E-state index contributed by atoms with van der Waals surface area (Å²) < 4.78 is 53.4. The topological polar surface area (TPSA) is 0 Å². The third-order valence-electron chi connectivity index (χ3n) is 8.43. The highest BCUT2D eigenvalue weighted by Gasteiger charge is 2.36. The van der Waals surface area contributed by atoms with Crippen LogP contribution in [-0.4, -0.2) is 0 Å². The molecule has 4 rings (SSSR count). The van der Waals surface area contributed by atoms with Crippen LogP contribution < -0.4 is 0 Å². The number of hydrogen-bond acceptors (Lipinski definition) is 0. The van der Waals surface area contributed by atoms with E-state index in [2.05, 4.69) is 6.92 Å². The maximum atomic E-state index is 15.0. The molecule has 186 valence electrons. The molecule has 0 amide bonds. The number of unbranched alkanes of at least 4 members (excludes halogenated alkanes) is 4. The predicted molar refractivity (Wildman–Crippen MR) is 131 cm³/mol. The average Bonchev–Trinajstić information content (AvgIpc) is 2.83. The third kappa shape index (κ3) is 6.23. The van der Waals surface area contributed by atoms with Gasteiger partial charge in [0, 0.05) is 5.56 Å². The first-order valence-electron chi connectivity index (χ1n) is 13.3. The molecule has 4 atom stereocenters. The van der Waals surface area contributed by atoms with Crippen molar-refractivity contribution >= 4 is 0 Å². The molecule has 2 aliphatic rings. The quantitative estimate of drug-likeness (QED) is 0.264. The highest BCUT2D eigenvalue weighted by atomic mass is 19.4. The van der Waals surface area contributed by atoms with Gasteiger partial charge in [-0.15, -0.1) is 0 Å². The van der Waals surface area contributed by atoms with Crippen LogP contribution in [0.3, 0.4) is 0 Å². The molecule has 0 heterocycles. The Hall–Kier alpha value is -1.84. The second-order valence-corrected chi connectivity index (χ2v) is 10.7. The van der Waals surface area contributed by atoms with Gasteiger partial charge in [-0.3, -0.25) is 0 Å². The SMILES string of the molecule is CCCCCCCC1CC[C@@H]2C[C@H](c3ccc(-c4ccc(C(F)(F)F)cc4)c(F)c3)CC[C@@H]2C1. The van der Waals surface area contributed by atoms with Gasteiger partial charge in [-0.05, 0) is 85.1 Å². The third-order valence-corrected chi connectivity index (χ3v) is 8.43. The second-order valence-electron chi connectivity index (χ2n) is 10.7. The van der Waals surface area contributed by atoms with E-state index in [1.54, 1.807) is 12.1 Å². The first kappa shape index (κ1) is 25.3. The van der Waals surface area contributed by atoms with E-state index in [1.165, 1.54) is 76.3 Å². The van der Waals surface area contributed by atoms with Gasteiger partial charge in [0.25, 0.3) is 0 Å². The Bertz CT molecular complexity index is 914. The maximum Gasteiger partial charge on any atom is 0.416 e. The Morgan fingerprint density at radius 2 is 1.50 bits per heavy atom. The van der Waals surface area contributed by atoms with Gasteiger partial charge in [0.05, 0.1) is 5.56 Å². The molecule has 0 bridgehead atoms. The zero-order valence-electron chi connectivity index (χ0n) is 20.3. The van der Waals surface area contributed by atoms with Gasteiger partial charge < -0.3 is 0 Å². The number of fused-ring (bicyclic) bond motifs is 1. The molecule has 0 N–H and O–H groups in total. The summed E-state index contributed by atoms with van der Waals surface area (Å²) in [4.78, 5) is 0. The van der Waals surface area contributed by atoms with Gasteiger partial charge in [-0.25, -0.2) is 4.39 Å². The molecule has 2 aromatic rings. The monoisotopic (exact) mass is 474 g/mol. The lowest BCUT2D eigenvalue weighted by Crippen LogP contribution is -2.30. The lowest BCUT2D eigenvalue weighted by atomic mass is 9.63. The van der Waals surface area contributed by atoms with E-state index in [4.69, 9.17) is 0 Å². The maximum absolute atomic E-state index is 15.0. The minimum absolute atomic E-state index is 0.342. The van der Waals surface area contributed by atoms with Crippen molar-refractivity contribution < 1.29 is 17.6 Å². The summed E-state index contributed by atoms with van der Waals surface area (Å²) in [6.45, 7) is 2.26. The lowest BCUT2D eigenvalue weighted by molar-refractivity contribution is -0.137. The molecule has 0 aliphatic heterocycles. The zero-order chi connectivity index (χ0) is 24.1. The van der Waals surface area contributed by atoms with Crippen molar-refractivity contribution in [2.75, 3.05) is 0 Å². The number of alkyl halides is 3. The molecule has 34 heavy (non-hydrogen) atoms. The molecule has 2 aliphatic carbocycles. The van der Waals surface area contributed by atoms with E-state index in [9.17, 15) is 17.6 Å². The number of hydrogen-bond donors (Lipinski definition) is 0. The van der Waals surface area contributed by atoms with Crippen molar-refractivity contribution in [3.05, 3.63) is 59.4 Å². The number of benzene rings is 2. The van der Waals surface area contributed by atoms with Crippen molar-refractivity contribution in [2.24, 2.45) is 17.8 Å². The van der Waals surface area contributed by atoms with E-state index < -0.39 is 11.7 Å². The molecule has 0 aromatic heterocycles. The molecule has 0 nitrogen and oxygen atoms in total. The predicted octanol–water partition coefficient (Wildman–Crippen LogP) is 10.2. The zero-order valence-corrected chi connectivity index (χ0v) is 20.3. The van der Waals surface area contributed by atoms with Crippen LogP contribution in [0.25, 0.3) is 11.1 Å². The molecular formula is C30H38F4. The normalized spacial score (nSPS) is 25.2. The number of rotatable bonds is 8. The Morgan fingerprint density at radius 3 is 2.21 bits per heavy atom. The molecule has 2 saturated carbocycles. The van der Waals surface area contributed by atoms with E-state index in [0.717, 1.165) is 48.3 Å². The van der Waals surface area contributed by atoms with Crippen LogP contribution in [0.4, 0.5) is 17.6 Å². The Morgan fingerprint density at radius 1 is 0.794 bits per heavy atom. The van der Waals surface area contributed by atoms with Crippen molar-refractivity contribution in [2.45, 2.75) is 96.1 Å². The fourth-order valence-corrected chi connectivity index (χ4v) is 6.45. The summed E-state index contributed by atoms with van der Waals surface area (Å²) in [6.07, 6.45) is 11.4. The number of halogens is 4. The first-order valence-corrected chi connectivity index (χ1v) is 13.3. The van der Waals surface area contributed by atoms with Gasteiger partial charge >= 0.3 is 6.18 Å². The molecule has 0 saturated heterocycles. The van der Waals surface area contributed by atoms with Crippen LogP contribution in [0.1, 0.15) is 101 Å². The van der Waals surface area contributed by atoms with Gasteiger partial charge in [0.2, 0.25) is 0 Å². The molecule has 1 unspecified atom stereocenters. The standard InChI is InChI=1S/C30H38F4/c1-2-3-4-5-6-7-21-8-9-24-19-25(11-10-23(24)18-21)26-14-17-28(29(31)20-26)22-12-15-27(16-13-22)30(32,33)34/h12-17,20-21,23-25H,2-11,18-19H2,1H3/t21?,23-,24-,25-/m1/s1. The Kier molecular flexibility index (Phi) is 8.37. The molecule has 0 spiro atoms. The van der Waals surface area contributed by atoms with Crippen LogP contribution in [0, 0.1) is 23.6 Å². The highest BCUT2D eigenvalue weighted by molar-refractivity contribution is 5.65. The van der Waals surface area contributed by atoms with Crippen LogP contribution in [0.5, 0.6) is 0 Å². The summed E-state index contributed by atoms with van der Waals surface area (Å²) in [5, 5.41) is 0. The van der Waals surface area contributed by atoms with Crippen LogP contribution in [-0.2, 0) is 6.18 Å². The van der Waals surface area contributed by atoms with Gasteiger partial charge in [-0.2, -0.15) is 13.2 Å². The minimum atomic E-state index is -4.38. The van der Waals surface area contributed by atoms with Crippen molar-refractivity contribution in [3.63, 3.8) is 0 Å². The summed E-state index contributed by atoms with van der Waals surface area (Å²) >= 11 is 0. The second kappa shape index (κ2) is 11.3. The van der Waals surface area contributed by atoms with Gasteiger partial charge in [-0.1, -0.05) is 76.1 Å². The van der Waals surface area contributed by atoms with Crippen LogP contribution in [0.15, 0.2) is 42.5 Å². The Balaban J connectivity index is 1.33. The highest BCUT2D eigenvalue weighted by Crippen LogP contribution is 2.48. The van der Waals surface area contributed by atoms with Crippen molar-refractivity contribution in [1.29, 1.82) is 0 Å². The summed E-state index contributed by atoms with van der Waals surface area (Å²) in [5.74, 6) is 2.55. The van der Waals surface area contributed by atoms with Crippen molar-refractivity contribution in [1.82, 2.24) is 0 Å². The van der Waals surface area contributed by atoms with Gasteiger partial charge in [0.15, 0.2) is 0 Å². The van der Waals surface area contributed by atoms with Crippen LogP contribution in [0.2, 0.25) is 0 Å². The smallest absolute Gasteiger partial charge is 0.206 e. The Labute approximate surface area is 202 Å². The van der Waals surface area contributed by atoms with E-state index in [-0.39, 0.29) is 5.82 Å². The molecular weight excluding hydrogens is 436 g/mol. The molecule has 2 aromatic carbocycles. The lowest BCUT2D eigenvalue weighted by Gasteiger charge is -2.42. The van der Waals surface area contributed by atoms with Crippen molar-refractivity contribution in [3.8, 4) is 11.1 Å². The fourth-order valence-electron chi connectivity index (χ4n) is 6.45. The summed E-state index contributed by atoms with van der Waals surface area (Å²) in [6, 6.07) is 10.1. The van der Waals surface area contributed by atoms with E-state index in [1.807, 2.05) is 6.07 Å². The minimum Gasteiger partial charge on any atom is -0.206 e.